The summed E-state index contributed by atoms with van der Waals surface area (Å²) in [5.74, 6) is 0.890. The lowest BCUT2D eigenvalue weighted by molar-refractivity contribution is 0.296. The van der Waals surface area contributed by atoms with Crippen molar-refractivity contribution in [3.63, 3.8) is 0 Å². The summed E-state index contributed by atoms with van der Waals surface area (Å²) < 4.78 is 19.0. The Hall–Kier alpha value is -0.800. The molecule has 0 heterocycles. The van der Waals surface area contributed by atoms with Crippen LogP contribution in [0.2, 0.25) is 5.02 Å². The van der Waals surface area contributed by atoms with Gasteiger partial charge in [0, 0.05) is 11.6 Å². The lowest BCUT2D eigenvalue weighted by atomic mass is 10.1. The molecule has 94 valence electrons. The van der Waals surface area contributed by atoms with Crippen molar-refractivity contribution in [2.75, 3.05) is 6.61 Å². The van der Waals surface area contributed by atoms with E-state index < -0.39 is 0 Å². The largest absolute Gasteiger partial charge is 0.491 e. The molecule has 2 rings (SSSR count). The van der Waals surface area contributed by atoms with E-state index in [4.69, 9.17) is 22.1 Å². The van der Waals surface area contributed by atoms with Gasteiger partial charge < -0.3 is 10.5 Å². The molecule has 2 nitrogen and oxygen atoms in total. The standard InChI is InChI=1S/C13H17ClFNO/c1-8(16)4-10-5-11(15)6-12(14)13(10)17-7-9-2-3-9/h5-6,8-9H,2-4,7,16H2,1H3. The van der Waals surface area contributed by atoms with Crippen LogP contribution in [0.5, 0.6) is 5.75 Å². The van der Waals surface area contributed by atoms with Gasteiger partial charge in [-0.1, -0.05) is 11.6 Å². The molecule has 0 aromatic heterocycles. The monoisotopic (exact) mass is 257 g/mol. The van der Waals surface area contributed by atoms with Gasteiger partial charge in [0.15, 0.2) is 0 Å². The van der Waals surface area contributed by atoms with Gasteiger partial charge in [0.2, 0.25) is 0 Å². The fraction of sp³-hybridized carbons (Fsp3) is 0.538. The molecule has 2 N–H and O–H groups in total. The molecule has 1 fully saturated rings. The summed E-state index contributed by atoms with van der Waals surface area (Å²) in [5.41, 5.74) is 6.50. The second-order valence-corrected chi connectivity index (χ2v) is 5.22. The maximum Gasteiger partial charge on any atom is 0.141 e. The van der Waals surface area contributed by atoms with Crippen LogP contribution in [0.4, 0.5) is 4.39 Å². The van der Waals surface area contributed by atoms with Crippen molar-refractivity contribution in [1.29, 1.82) is 0 Å². The number of hydrogen-bond donors (Lipinski definition) is 1. The van der Waals surface area contributed by atoms with E-state index in [0.29, 0.717) is 29.7 Å². The van der Waals surface area contributed by atoms with Crippen molar-refractivity contribution in [3.05, 3.63) is 28.5 Å². The van der Waals surface area contributed by atoms with Gasteiger partial charge in [-0.3, -0.25) is 0 Å². The third kappa shape index (κ3) is 3.58. The Labute approximate surface area is 106 Å². The third-order valence-electron chi connectivity index (χ3n) is 2.79. The van der Waals surface area contributed by atoms with Crippen LogP contribution in [0.15, 0.2) is 12.1 Å². The average Bonchev–Trinajstić information content (AvgIpc) is 2.98. The molecule has 17 heavy (non-hydrogen) atoms. The first-order chi connectivity index (χ1) is 8.06. The molecule has 1 aliphatic carbocycles. The van der Waals surface area contributed by atoms with Gasteiger partial charge in [0.05, 0.1) is 11.6 Å². The highest BCUT2D eigenvalue weighted by molar-refractivity contribution is 6.32. The maximum atomic E-state index is 13.3. The van der Waals surface area contributed by atoms with Crippen LogP contribution in [0, 0.1) is 11.7 Å². The maximum absolute atomic E-state index is 13.3. The Kier molecular flexibility index (Phi) is 3.89. The van der Waals surface area contributed by atoms with E-state index in [-0.39, 0.29) is 11.9 Å². The minimum atomic E-state index is -0.343. The van der Waals surface area contributed by atoms with E-state index in [0.717, 1.165) is 5.56 Å². The summed E-state index contributed by atoms with van der Waals surface area (Å²) >= 11 is 6.02. The van der Waals surface area contributed by atoms with E-state index in [1.807, 2.05) is 6.92 Å². The molecule has 4 heteroatoms. The van der Waals surface area contributed by atoms with Crippen molar-refractivity contribution < 1.29 is 9.13 Å². The molecule has 1 saturated carbocycles. The van der Waals surface area contributed by atoms with E-state index >= 15 is 0 Å². The van der Waals surface area contributed by atoms with Crippen molar-refractivity contribution in [2.45, 2.75) is 32.2 Å². The number of ether oxygens (including phenoxy) is 1. The molecule has 1 atom stereocenters. The zero-order valence-corrected chi connectivity index (χ0v) is 10.6. The Morgan fingerprint density at radius 1 is 1.53 bits per heavy atom. The Balaban J connectivity index is 2.18. The molecule has 1 aliphatic rings. The fourth-order valence-corrected chi connectivity index (χ4v) is 2.04. The van der Waals surface area contributed by atoms with E-state index in [1.165, 1.54) is 25.0 Å². The topological polar surface area (TPSA) is 35.2 Å². The van der Waals surface area contributed by atoms with Crippen molar-refractivity contribution in [1.82, 2.24) is 0 Å². The summed E-state index contributed by atoms with van der Waals surface area (Å²) in [6.45, 7) is 2.54. The molecule has 0 amide bonds. The van der Waals surface area contributed by atoms with Crippen LogP contribution >= 0.6 is 11.6 Å². The number of benzene rings is 1. The number of nitrogens with two attached hydrogens (primary N) is 1. The van der Waals surface area contributed by atoms with Crippen LogP contribution < -0.4 is 10.5 Å². The lowest BCUT2D eigenvalue weighted by Crippen LogP contribution is -2.18. The van der Waals surface area contributed by atoms with Gasteiger partial charge >= 0.3 is 0 Å². The zero-order valence-electron chi connectivity index (χ0n) is 9.88. The quantitative estimate of drug-likeness (QED) is 0.879. The molecule has 1 aromatic carbocycles. The summed E-state index contributed by atoms with van der Waals surface area (Å²) in [6.07, 6.45) is 2.99. The van der Waals surface area contributed by atoms with Gasteiger partial charge in [-0.05, 0) is 44.2 Å². The van der Waals surface area contributed by atoms with Gasteiger partial charge in [-0.15, -0.1) is 0 Å². The van der Waals surface area contributed by atoms with Crippen LogP contribution in [0.3, 0.4) is 0 Å². The van der Waals surface area contributed by atoms with Crippen LogP contribution in [0.25, 0.3) is 0 Å². The molecule has 0 bridgehead atoms. The molecule has 0 radical (unpaired) electrons. The molecule has 0 aliphatic heterocycles. The second kappa shape index (κ2) is 5.23. The molecule has 1 aromatic rings. The zero-order chi connectivity index (χ0) is 12.4. The second-order valence-electron chi connectivity index (χ2n) is 4.81. The van der Waals surface area contributed by atoms with Crippen LogP contribution in [-0.2, 0) is 6.42 Å². The Morgan fingerprint density at radius 3 is 2.82 bits per heavy atom. The predicted octanol–water partition coefficient (Wildman–Crippen LogP) is 3.16. The van der Waals surface area contributed by atoms with Crippen molar-refractivity contribution in [2.24, 2.45) is 11.7 Å². The average molecular weight is 258 g/mol. The highest BCUT2D eigenvalue weighted by atomic mass is 35.5. The molecular formula is C13H17ClFNO. The number of halogens is 2. The van der Waals surface area contributed by atoms with Crippen molar-refractivity contribution >= 4 is 11.6 Å². The molecule has 0 spiro atoms. The summed E-state index contributed by atoms with van der Waals surface area (Å²) in [4.78, 5) is 0. The molecule has 1 unspecified atom stereocenters. The SMILES string of the molecule is CC(N)Cc1cc(F)cc(Cl)c1OCC1CC1. The first kappa shape index (κ1) is 12.7. The van der Waals surface area contributed by atoms with Crippen LogP contribution in [-0.4, -0.2) is 12.6 Å². The minimum absolute atomic E-state index is 0.0452. The predicted molar refractivity (Wildman–Crippen MR) is 67.0 cm³/mol. The highest BCUT2D eigenvalue weighted by Crippen LogP contribution is 2.34. The molecule has 0 saturated heterocycles. The first-order valence-electron chi connectivity index (χ1n) is 5.92. The fourth-order valence-electron chi connectivity index (χ4n) is 1.76. The summed E-state index contributed by atoms with van der Waals surface area (Å²) in [7, 11) is 0. The number of rotatable bonds is 5. The van der Waals surface area contributed by atoms with Gasteiger partial charge in [0.1, 0.15) is 11.6 Å². The van der Waals surface area contributed by atoms with E-state index in [9.17, 15) is 4.39 Å². The summed E-state index contributed by atoms with van der Waals surface area (Å²) in [6, 6.07) is 2.70. The van der Waals surface area contributed by atoms with Gasteiger partial charge in [-0.25, -0.2) is 4.39 Å². The lowest BCUT2D eigenvalue weighted by Gasteiger charge is -2.14. The highest BCUT2D eigenvalue weighted by Gasteiger charge is 2.23. The van der Waals surface area contributed by atoms with E-state index in [1.54, 1.807) is 0 Å². The van der Waals surface area contributed by atoms with Crippen molar-refractivity contribution in [3.8, 4) is 5.75 Å². The molecular weight excluding hydrogens is 241 g/mol. The van der Waals surface area contributed by atoms with Crippen LogP contribution in [0.1, 0.15) is 25.3 Å². The smallest absolute Gasteiger partial charge is 0.141 e. The van der Waals surface area contributed by atoms with Gasteiger partial charge in [0.25, 0.3) is 0 Å². The van der Waals surface area contributed by atoms with Gasteiger partial charge in [-0.2, -0.15) is 0 Å². The number of hydrogen-bond acceptors (Lipinski definition) is 2. The minimum Gasteiger partial charge on any atom is -0.491 e. The Bertz CT molecular complexity index is 405. The third-order valence-corrected chi connectivity index (χ3v) is 3.07. The normalized spacial score (nSPS) is 16.9. The first-order valence-corrected chi connectivity index (χ1v) is 6.30. The van der Waals surface area contributed by atoms with E-state index in [2.05, 4.69) is 0 Å². The summed E-state index contributed by atoms with van der Waals surface area (Å²) in [5, 5.41) is 0.335. The Morgan fingerprint density at radius 2 is 2.24 bits per heavy atom.